The molecule has 122 valence electrons. The molecule has 0 saturated carbocycles. The maximum atomic E-state index is 6.15. The van der Waals surface area contributed by atoms with Crippen LogP contribution >= 0.6 is 11.6 Å². The van der Waals surface area contributed by atoms with Gasteiger partial charge in [-0.3, -0.25) is 4.90 Å². The van der Waals surface area contributed by atoms with E-state index in [0.717, 1.165) is 45.0 Å². The second kappa shape index (κ2) is 7.59. The Hall–Kier alpha value is -1.89. The molecule has 6 nitrogen and oxygen atoms in total. The van der Waals surface area contributed by atoms with E-state index in [1.54, 1.807) is 0 Å². The first-order chi connectivity index (χ1) is 11.2. The Labute approximate surface area is 140 Å². The Balaban J connectivity index is 1.69. The van der Waals surface area contributed by atoms with Crippen LogP contribution in [0.3, 0.4) is 0 Å². The number of hydrogen-bond donors (Lipinski definition) is 2. The standard InChI is InChI=1S/C16H20ClN5O/c17-14-13(18)16(19-6-7-22-8-10-23-11-9-22)21-15(20-14)12-4-2-1-3-5-12/h1-5H,6-11,18H2,(H,19,20,21). The first-order valence-electron chi connectivity index (χ1n) is 7.66. The fraction of sp³-hybridized carbons (Fsp3) is 0.375. The average Bonchev–Trinajstić information content (AvgIpc) is 2.60. The monoisotopic (exact) mass is 333 g/mol. The molecule has 3 N–H and O–H groups in total. The normalized spacial score (nSPS) is 15.5. The minimum absolute atomic E-state index is 0.271. The Bertz CT molecular complexity index is 646. The highest BCUT2D eigenvalue weighted by Crippen LogP contribution is 2.27. The summed E-state index contributed by atoms with van der Waals surface area (Å²) < 4.78 is 5.34. The zero-order chi connectivity index (χ0) is 16.1. The molecule has 0 unspecified atom stereocenters. The van der Waals surface area contributed by atoms with Crippen molar-refractivity contribution in [2.24, 2.45) is 0 Å². The van der Waals surface area contributed by atoms with Gasteiger partial charge < -0.3 is 15.8 Å². The Morgan fingerprint density at radius 1 is 1.17 bits per heavy atom. The summed E-state index contributed by atoms with van der Waals surface area (Å²) >= 11 is 6.15. The summed E-state index contributed by atoms with van der Waals surface area (Å²) in [5.74, 6) is 1.15. The van der Waals surface area contributed by atoms with Crippen molar-refractivity contribution in [3.63, 3.8) is 0 Å². The van der Waals surface area contributed by atoms with Gasteiger partial charge in [0.15, 0.2) is 16.8 Å². The zero-order valence-corrected chi connectivity index (χ0v) is 13.6. The highest BCUT2D eigenvalue weighted by molar-refractivity contribution is 6.32. The lowest BCUT2D eigenvalue weighted by molar-refractivity contribution is 0.0398. The lowest BCUT2D eigenvalue weighted by Crippen LogP contribution is -2.39. The molecule has 0 radical (unpaired) electrons. The summed E-state index contributed by atoms with van der Waals surface area (Å²) in [6, 6.07) is 9.71. The summed E-state index contributed by atoms with van der Waals surface area (Å²) in [4.78, 5) is 11.1. The molecule has 0 atom stereocenters. The molecular weight excluding hydrogens is 314 g/mol. The van der Waals surface area contributed by atoms with E-state index in [9.17, 15) is 0 Å². The number of nitrogens with one attached hydrogen (secondary N) is 1. The quantitative estimate of drug-likeness (QED) is 0.816. The van der Waals surface area contributed by atoms with Crippen molar-refractivity contribution < 1.29 is 4.74 Å². The number of hydrogen-bond acceptors (Lipinski definition) is 6. The maximum Gasteiger partial charge on any atom is 0.163 e. The van der Waals surface area contributed by atoms with Crippen LogP contribution in [0.1, 0.15) is 0 Å². The lowest BCUT2D eigenvalue weighted by Gasteiger charge is -2.26. The van der Waals surface area contributed by atoms with Crippen molar-refractivity contribution in [1.29, 1.82) is 0 Å². The second-order valence-electron chi connectivity index (χ2n) is 5.35. The van der Waals surface area contributed by atoms with Gasteiger partial charge in [-0.15, -0.1) is 0 Å². The SMILES string of the molecule is Nc1c(Cl)nc(-c2ccccc2)nc1NCCN1CCOCC1. The molecule has 0 spiro atoms. The average molecular weight is 334 g/mol. The number of rotatable bonds is 5. The highest BCUT2D eigenvalue weighted by atomic mass is 35.5. The van der Waals surface area contributed by atoms with Crippen LogP contribution in [-0.2, 0) is 4.74 Å². The van der Waals surface area contributed by atoms with E-state index in [2.05, 4.69) is 20.2 Å². The van der Waals surface area contributed by atoms with Crippen LogP contribution in [0.15, 0.2) is 30.3 Å². The van der Waals surface area contributed by atoms with Crippen molar-refractivity contribution >= 4 is 23.1 Å². The van der Waals surface area contributed by atoms with Gasteiger partial charge in [-0.05, 0) is 0 Å². The fourth-order valence-corrected chi connectivity index (χ4v) is 2.62. The van der Waals surface area contributed by atoms with Gasteiger partial charge in [0.25, 0.3) is 0 Å². The summed E-state index contributed by atoms with van der Waals surface area (Å²) in [5, 5.41) is 3.54. The van der Waals surface area contributed by atoms with Crippen LogP contribution in [0.25, 0.3) is 11.4 Å². The second-order valence-corrected chi connectivity index (χ2v) is 5.71. The van der Waals surface area contributed by atoms with Crippen molar-refractivity contribution in [2.45, 2.75) is 0 Å². The molecule has 0 amide bonds. The minimum Gasteiger partial charge on any atom is -0.393 e. The minimum atomic E-state index is 0.271. The fourth-order valence-electron chi connectivity index (χ4n) is 2.45. The van der Waals surface area contributed by atoms with Gasteiger partial charge in [0.05, 0.1) is 13.2 Å². The first kappa shape index (κ1) is 16.0. The van der Waals surface area contributed by atoms with E-state index >= 15 is 0 Å². The van der Waals surface area contributed by atoms with Crippen molar-refractivity contribution in [3.8, 4) is 11.4 Å². The number of nitrogen functional groups attached to an aromatic ring is 1. The molecule has 3 rings (SSSR count). The number of benzene rings is 1. The number of aromatic nitrogens is 2. The molecule has 1 fully saturated rings. The molecule has 2 aromatic rings. The molecule has 1 saturated heterocycles. The lowest BCUT2D eigenvalue weighted by atomic mass is 10.2. The number of morpholine rings is 1. The molecule has 0 bridgehead atoms. The summed E-state index contributed by atoms with van der Waals surface area (Å²) in [6.07, 6.45) is 0. The largest absolute Gasteiger partial charge is 0.393 e. The van der Waals surface area contributed by atoms with Crippen LogP contribution in [0, 0.1) is 0 Å². The number of ether oxygens (including phenoxy) is 1. The van der Waals surface area contributed by atoms with E-state index in [1.807, 2.05) is 30.3 Å². The van der Waals surface area contributed by atoms with Crippen molar-refractivity contribution in [1.82, 2.24) is 14.9 Å². The Morgan fingerprint density at radius 2 is 1.91 bits per heavy atom. The molecule has 0 aliphatic carbocycles. The molecule has 1 aromatic carbocycles. The van der Waals surface area contributed by atoms with E-state index in [0.29, 0.717) is 17.3 Å². The van der Waals surface area contributed by atoms with Crippen molar-refractivity contribution in [2.75, 3.05) is 50.4 Å². The molecule has 23 heavy (non-hydrogen) atoms. The van der Waals surface area contributed by atoms with Gasteiger partial charge in [0.2, 0.25) is 0 Å². The van der Waals surface area contributed by atoms with Crippen LogP contribution in [0.4, 0.5) is 11.5 Å². The molecular formula is C16H20ClN5O. The predicted octanol–water partition coefficient (Wildman–Crippen LogP) is 2.12. The number of nitrogens with zero attached hydrogens (tertiary/aromatic N) is 3. The summed E-state index contributed by atoms with van der Waals surface area (Å²) in [7, 11) is 0. The van der Waals surface area contributed by atoms with E-state index in [-0.39, 0.29) is 5.15 Å². The molecule has 1 aliphatic rings. The summed E-state index contributed by atoms with van der Waals surface area (Å²) in [5.41, 5.74) is 7.29. The third kappa shape index (κ3) is 4.10. The Morgan fingerprint density at radius 3 is 2.65 bits per heavy atom. The van der Waals surface area contributed by atoms with Gasteiger partial charge in [0.1, 0.15) is 5.69 Å². The van der Waals surface area contributed by atoms with E-state index < -0.39 is 0 Å². The van der Waals surface area contributed by atoms with Gasteiger partial charge >= 0.3 is 0 Å². The maximum absolute atomic E-state index is 6.15. The highest BCUT2D eigenvalue weighted by Gasteiger charge is 2.13. The van der Waals surface area contributed by atoms with Gasteiger partial charge in [0, 0.05) is 31.7 Å². The van der Waals surface area contributed by atoms with Crippen LogP contribution in [0.2, 0.25) is 5.15 Å². The number of halogens is 1. The topological polar surface area (TPSA) is 76.3 Å². The third-order valence-corrected chi connectivity index (χ3v) is 4.04. The first-order valence-corrected chi connectivity index (χ1v) is 8.04. The molecule has 7 heteroatoms. The third-order valence-electron chi connectivity index (χ3n) is 3.76. The summed E-state index contributed by atoms with van der Waals surface area (Å²) in [6.45, 7) is 5.14. The number of anilines is 2. The van der Waals surface area contributed by atoms with Crippen LogP contribution in [-0.4, -0.2) is 54.3 Å². The van der Waals surface area contributed by atoms with Gasteiger partial charge in [-0.1, -0.05) is 41.9 Å². The molecule has 1 aliphatic heterocycles. The van der Waals surface area contributed by atoms with Crippen LogP contribution < -0.4 is 11.1 Å². The Kier molecular flexibility index (Phi) is 5.27. The molecule has 1 aromatic heterocycles. The predicted molar refractivity (Wildman–Crippen MR) is 92.6 cm³/mol. The zero-order valence-electron chi connectivity index (χ0n) is 12.8. The van der Waals surface area contributed by atoms with Gasteiger partial charge in [-0.2, -0.15) is 0 Å². The van der Waals surface area contributed by atoms with Crippen molar-refractivity contribution in [3.05, 3.63) is 35.5 Å². The van der Waals surface area contributed by atoms with E-state index in [1.165, 1.54) is 0 Å². The van der Waals surface area contributed by atoms with Crippen LogP contribution in [0.5, 0.6) is 0 Å². The van der Waals surface area contributed by atoms with E-state index in [4.69, 9.17) is 22.1 Å². The number of nitrogens with two attached hydrogens (primary N) is 1. The smallest absolute Gasteiger partial charge is 0.163 e. The van der Waals surface area contributed by atoms with Gasteiger partial charge in [-0.25, -0.2) is 9.97 Å². The molecule has 2 heterocycles.